The Labute approximate surface area is 121 Å². The number of nitrogens with two attached hydrogens (primary N) is 1. The van der Waals surface area contributed by atoms with Crippen molar-refractivity contribution in [3.8, 4) is 0 Å². The Morgan fingerprint density at radius 1 is 1.25 bits per heavy atom. The lowest BCUT2D eigenvalue weighted by Crippen LogP contribution is -2.46. The number of hydrogen-bond donors (Lipinski definition) is 2. The molecule has 1 saturated carbocycles. The van der Waals surface area contributed by atoms with E-state index < -0.39 is 12.0 Å². The van der Waals surface area contributed by atoms with E-state index in [0.29, 0.717) is 22.9 Å². The minimum absolute atomic E-state index is 0.00107. The van der Waals surface area contributed by atoms with Crippen LogP contribution in [0.25, 0.3) is 0 Å². The molecule has 0 radical (unpaired) electrons. The molecule has 1 saturated heterocycles. The van der Waals surface area contributed by atoms with E-state index in [2.05, 4.69) is 0 Å². The molecule has 1 aromatic carbocycles. The average molecular weight is 292 g/mol. The van der Waals surface area contributed by atoms with Gasteiger partial charge in [0, 0.05) is 17.0 Å². The zero-order valence-corrected chi connectivity index (χ0v) is 11.7. The predicted octanol–water partition coefficient (Wildman–Crippen LogP) is 1.65. The molecule has 1 heterocycles. The molecule has 5 nitrogen and oxygen atoms in total. The van der Waals surface area contributed by atoms with Crippen molar-refractivity contribution in [1.82, 2.24) is 4.90 Å². The van der Waals surface area contributed by atoms with Crippen molar-refractivity contribution in [2.75, 3.05) is 11.5 Å². The Morgan fingerprint density at radius 2 is 1.90 bits per heavy atom. The quantitative estimate of drug-likeness (QED) is 0.828. The minimum atomic E-state index is -0.926. The normalized spacial score (nSPS) is 25.7. The fourth-order valence-corrected chi connectivity index (χ4v) is 4.12. The van der Waals surface area contributed by atoms with Gasteiger partial charge in [0.15, 0.2) is 0 Å². The first-order valence-corrected chi connectivity index (χ1v) is 7.65. The number of rotatable bonds is 3. The molecule has 0 aromatic heterocycles. The smallest absolute Gasteiger partial charge is 0.327 e. The van der Waals surface area contributed by atoms with Crippen LogP contribution in [0, 0.1) is 5.92 Å². The summed E-state index contributed by atoms with van der Waals surface area (Å²) < 4.78 is 0. The van der Waals surface area contributed by atoms with Crippen LogP contribution < -0.4 is 5.73 Å². The highest BCUT2D eigenvalue weighted by Gasteiger charge is 2.48. The summed E-state index contributed by atoms with van der Waals surface area (Å²) in [5, 5.41) is 9.32. The first-order chi connectivity index (χ1) is 9.58. The molecular weight excluding hydrogens is 276 g/mol. The van der Waals surface area contributed by atoms with Crippen molar-refractivity contribution in [3.05, 3.63) is 29.8 Å². The van der Waals surface area contributed by atoms with Crippen LogP contribution in [0.15, 0.2) is 24.3 Å². The molecule has 0 bridgehead atoms. The van der Waals surface area contributed by atoms with Gasteiger partial charge in [-0.05, 0) is 43.0 Å². The third kappa shape index (κ3) is 2.35. The number of carbonyl (C=O) groups excluding carboxylic acids is 1. The van der Waals surface area contributed by atoms with E-state index in [1.807, 2.05) is 0 Å². The molecule has 3 rings (SSSR count). The summed E-state index contributed by atoms with van der Waals surface area (Å²) in [5.41, 5.74) is 6.71. The van der Waals surface area contributed by atoms with Gasteiger partial charge in [0.25, 0.3) is 5.91 Å². The number of carboxylic acid groups (broad SMARTS) is 1. The molecule has 6 heteroatoms. The second-order valence-electron chi connectivity index (χ2n) is 5.25. The number of carboxylic acids is 1. The van der Waals surface area contributed by atoms with Gasteiger partial charge < -0.3 is 15.7 Å². The van der Waals surface area contributed by atoms with Gasteiger partial charge in [-0.25, -0.2) is 4.79 Å². The monoisotopic (exact) mass is 292 g/mol. The lowest BCUT2D eigenvalue weighted by Gasteiger charge is -2.27. The predicted molar refractivity (Wildman–Crippen MR) is 77.4 cm³/mol. The lowest BCUT2D eigenvalue weighted by atomic mass is 10.1. The van der Waals surface area contributed by atoms with Crippen LogP contribution in [-0.2, 0) is 4.79 Å². The Kier molecular flexibility index (Phi) is 3.33. The van der Waals surface area contributed by atoms with Crippen LogP contribution in [0.4, 0.5) is 5.69 Å². The van der Waals surface area contributed by atoms with E-state index in [1.54, 1.807) is 40.9 Å². The molecule has 0 spiro atoms. The highest BCUT2D eigenvalue weighted by Crippen LogP contribution is 2.45. The summed E-state index contributed by atoms with van der Waals surface area (Å²) in [7, 11) is 0. The fraction of sp³-hybridized carbons (Fsp3) is 0.429. The fourth-order valence-electron chi connectivity index (χ4n) is 2.49. The molecule has 20 heavy (non-hydrogen) atoms. The zero-order chi connectivity index (χ0) is 14.3. The van der Waals surface area contributed by atoms with Crippen LogP contribution in [0.3, 0.4) is 0 Å². The molecule has 106 valence electrons. The van der Waals surface area contributed by atoms with E-state index in [1.165, 1.54) is 0 Å². The second-order valence-corrected chi connectivity index (χ2v) is 6.40. The second kappa shape index (κ2) is 5.01. The third-order valence-corrected chi connectivity index (χ3v) is 5.20. The van der Waals surface area contributed by atoms with Crippen LogP contribution in [0.2, 0.25) is 0 Å². The maximum atomic E-state index is 12.6. The van der Waals surface area contributed by atoms with Crippen molar-refractivity contribution >= 4 is 29.3 Å². The van der Waals surface area contributed by atoms with E-state index in [4.69, 9.17) is 5.73 Å². The molecule has 1 aliphatic carbocycles. The highest BCUT2D eigenvalue weighted by atomic mass is 32.2. The van der Waals surface area contributed by atoms with Crippen molar-refractivity contribution in [1.29, 1.82) is 0 Å². The van der Waals surface area contributed by atoms with E-state index >= 15 is 0 Å². The van der Waals surface area contributed by atoms with Gasteiger partial charge in [-0.15, -0.1) is 11.8 Å². The van der Waals surface area contributed by atoms with Gasteiger partial charge in [-0.3, -0.25) is 4.79 Å². The number of anilines is 1. The third-order valence-electron chi connectivity index (χ3n) is 3.74. The summed E-state index contributed by atoms with van der Waals surface area (Å²) in [6.45, 7) is 0. The summed E-state index contributed by atoms with van der Waals surface area (Å²) in [6, 6.07) is 5.92. The Balaban J connectivity index is 1.88. The van der Waals surface area contributed by atoms with Crippen molar-refractivity contribution in [2.24, 2.45) is 5.92 Å². The van der Waals surface area contributed by atoms with Gasteiger partial charge in [0.05, 0.1) is 5.37 Å². The van der Waals surface area contributed by atoms with E-state index in [-0.39, 0.29) is 11.3 Å². The average Bonchev–Trinajstić information content (AvgIpc) is 3.17. The highest BCUT2D eigenvalue weighted by molar-refractivity contribution is 8.00. The summed E-state index contributed by atoms with van der Waals surface area (Å²) in [5.74, 6) is -0.220. The molecule has 2 aliphatic rings. The van der Waals surface area contributed by atoms with Gasteiger partial charge in [-0.1, -0.05) is 0 Å². The van der Waals surface area contributed by atoms with Crippen molar-refractivity contribution < 1.29 is 14.7 Å². The Hall–Kier alpha value is -1.69. The summed E-state index contributed by atoms with van der Waals surface area (Å²) >= 11 is 1.58. The maximum absolute atomic E-state index is 12.6. The summed E-state index contributed by atoms with van der Waals surface area (Å²) in [4.78, 5) is 25.5. The molecule has 2 fully saturated rings. The van der Waals surface area contributed by atoms with Gasteiger partial charge in [0.1, 0.15) is 6.04 Å². The first kappa shape index (κ1) is 13.3. The number of amides is 1. The number of hydrogen-bond acceptors (Lipinski definition) is 4. The van der Waals surface area contributed by atoms with E-state index in [0.717, 1.165) is 12.8 Å². The molecule has 1 aromatic rings. The molecule has 1 amide bonds. The largest absolute Gasteiger partial charge is 0.480 e. The molecule has 2 atom stereocenters. The number of benzene rings is 1. The first-order valence-electron chi connectivity index (χ1n) is 6.60. The van der Waals surface area contributed by atoms with Crippen LogP contribution in [-0.4, -0.2) is 39.1 Å². The van der Waals surface area contributed by atoms with Gasteiger partial charge >= 0.3 is 5.97 Å². The van der Waals surface area contributed by atoms with Crippen molar-refractivity contribution in [3.63, 3.8) is 0 Å². The number of aliphatic carboxylic acids is 1. The number of nitrogen functional groups attached to an aromatic ring is 1. The van der Waals surface area contributed by atoms with Crippen LogP contribution in [0.5, 0.6) is 0 Å². The number of thioether (sulfide) groups is 1. The Morgan fingerprint density at radius 3 is 2.45 bits per heavy atom. The van der Waals surface area contributed by atoms with Crippen LogP contribution in [0.1, 0.15) is 23.2 Å². The molecule has 2 unspecified atom stereocenters. The summed E-state index contributed by atoms with van der Waals surface area (Å²) in [6.07, 6.45) is 2.16. The molecule has 3 N–H and O–H groups in total. The van der Waals surface area contributed by atoms with Crippen LogP contribution >= 0.6 is 11.8 Å². The van der Waals surface area contributed by atoms with Gasteiger partial charge in [-0.2, -0.15) is 0 Å². The molecular formula is C14H16N2O3S. The lowest BCUT2D eigenvalue weighted by molar-refractivity contribution is -0.141. The molecule has 1 aliphatic heterocycles. The maximum Gasteiger partial charge on any atom is 0.327 e. The Bertz CT molecular complexity index is 542. The minimum Gasteiger partial charge on any atom is -0.480 e. The topological polar surface area (TPSA) is 83.6 Å². The van der Waals surface area contributed by atoms with E-state index in [9.17, 15) is 14.7 Å². The van der Waals surface area contributed by atoms with Gasteiger partial charge in [0.2, 0.25) is 0 Å². The standard InChI is InChI=1S/C14H16N2O3S/c15-10-5-3-8(4-6-10)12(17)16-11(14(18)19)7-20-13(16)9-1-2-9/h3-6,9,11,13H,1-2,7,15H2,(H,18,19). The number of carbonyl (C=O) groups is 2. The SMILES string of the molecule is Nc1ccc(C(=O)N2C(C(=O)O)CSC2C2CC2)cc1. The number of nitrogens with zero attached hydrogens (tertiary/aromatic N) is 1. The zero-order valence-electron chi connectivity index (χ0n) is 10.9. The van der Waals surface area contributed by atoms with Crippen molar-refractivity contribution in [2.45, 2.75) is 24.3 Å².